The molecule has 0 saturated carbocycles. The fourth-order valence-corrected chi connectivity index (χ4v) is 12.2. The molecule has 0 unspecified atom stereocenters. The Morgan fingerprint density at radius 2 is 0.611 bits per heavy atom. The number of pyridine rings is 2. The number of fused-ring (bicyclic) bond motifs is 6. The summed E-state index contributed by atoms with van der Waals surface area (Å²) >= 11 is 0. The molecule has 0 radical (unpaired) electrons. The van der Waals surface area contributed by atoms with Gasteiger partial charge in [-0.05, 0) is 168 Å². The van der Waals surface area contributed by atoms with Crippen molar-refractivity contribution in [3.63, 3.8) is 0 Å². The number of aromatic nitrogens is 5. The van der Waals surface area contributed by atoms with Gasteiger partial charge in [-0.3, -0.25) is 9.97 Å². The van der Waals surface area contributed by atoms with Crippen LogP contribution < -0.4 is 24.0 Å². The molecule has 90 heavy (non-hydrogen) atoms. The van der Waals surface area contributed by atoms with E-state index < -0.39 is 0 Å². The molecule has 3 aromatic heterocycles. The van der Waals surface area contributed by atoms with Crippen molar-refractivity contribution in [1.82, 2.24) is 24.9 Å². The van der Waals surface area contributed by atoms with E-state index in [1.165, 1.54) is 82.2 Å². The molecule has 0 spiro atoms. The molecule has 15 rings (SSSR count). The molecule has 0 N–H and O–H groups in total. The third kappa shape index (κ3) is 12.0. The second kappa shape index (κ2) is 23.6. The second-order valence-electron chi connectivity index (χ2n) is 28.0. The van der Waals surface area contributed by atoms with Crippen LogP contribution in [0.3, 0.4) is 0 Å². The first-order chi connectivity index (χ1) is 42.5. The van der Waals surface area contributed by atoms with Crippen LogP contribution in [0, 0.1) is 0 Å². The molecule has 0 bridgehead atoms. The van der Waals surface area contributed by atoms with E-state index in [2.05, 4.69) is 275 Å². The Bertz CT molecular complexity index is 4850. The maximum atomic E-state index is 11.1. The number of rotatable bonds is 4. The van der Waals surface area contributed by atoms with Gasteiger partial charge in [0.2, 0.25) is 0 Å². The average molecular weight is 1160 g/mol. The van der Waals surface area contributed by atoms with Crippen LogP contribution in [-0.2, 0) is 21.7 Å². The van der Waals surface area contributed by atoms with Crippen molar-refractivity contribution in [2.75, 3.05) is 0 Å². The van der Waals surface area contributed by atoms with Crippen molar-refractivity contribution in [2.45, 2.75) is 105 Å². The summed E-state index contributed by atoms with van der Waals surface area (Å²) in [5.41, 5.74) is 12.5. The predicted octanol–water partition coefficient (Wildman–Crippen LogP) is 18.6. The SMILES string of the molecule is CC(C)(C)c1cc2cc(C(C)(C)C)cc3c4cc(C(C)(C)C)cc5cc(C(C)(C)C)cc(c(c1)c23)c54.[Li+].[O-]c1cccc2cccnc12.c1ccc2cc(-c3nc(-c4ccc(-c5cccc6cccnc56)cc4)nc(-c4ccc5ccccc5c4)n3)ccc2c1. The maximum Gasteiger partial charge on any atom is 1.00 e. The zero-order valence-electron chi connectivity index (χ0n) is 54.1. The Hall–Kier alpha value is -9.31. The molecular weight excluding hydrogens is 1090 g/mol. The normalized spacial score (nSPS) is 12.2. The maximum absolute atomic E-state index is 11.1. The van der Waals surface area contributed by atoms with Gasteiger partial charge in [0.1, 0.15) is 0 Å². The number of benzene rings is 12. The molecule has 0 atom stereocenters. The van der Waals surface area contributed by atoms with Crippen LogP contribution in [0.15, 0.2) is 231 Å². The number of hydrogen-bond acceptors (Lipinski definition) is 6. The van der Waals surface area contributed by atoms with Crippen molar-refractivity contribution in [2.24, 2.45) is 0 Å². The van der Waals surface area contributed by atoms with Gasteiger partial charge in [0.15, 0.2) is 17.5 Å². The Kier molecular flexibility index (Phi) is 16.0. The van der Waals surface area contributed by atoms with Crippen LogP contribution in [0.1, 0.15) is 105 Å². The van der Waals surface area contributed by atoms with Crippen molar-refractivity contribution < 1.29 is 24.0 Å². The Labute approximate surface area is 540 Å². The van der Waals surface area contributed by atoms with E-state index in [4.69, 9.17) is 15.0 Å². The first-order valence-corrected chi connectivity index (χ1v) is 31.0. The summed E-state index contributed by atoms with van der Waals surface area (Å²) in [6, 6.07) is 76.8. The molecule has 0 aliphatic heterocycles. The average Bonchev–Trinajstić information content (AvgIpc) is 0.705. The summed E-state index contributed by atoms with van der Waals surface area (Å²) in [6.07, 6.45) is 3.47. The van der Waals surface area contributed by atoms with Crippen molar-refractivity contribution in [1.29, 1.82) is 0 Å². The van der Waals surface area contributed by atoms with Crippen LogP contribution in [0.2, 0.25) is 0 Å². The number of hydrogen-bond donors (Lipinski definition) is 0. The predicted molar refractivity (Wildman–Crippen MR) is 376 cm³/mol. The molecule has 15 aromatic rings. The monoisotopic (exact) mass is 1160 g/mol. The minimum atomic E-state index is -0.0110. The topological polar surface area (TPSA) is 87.5 Å². The first kappa shape index (κ1) is 60.9. The summed E-state index contributed by atoms with van der Waals surface area (Å²) in [6.45, 7) is 28.0. The molecule has 6 nitrogen and oxygen atoms in total. The van der Waals surface area contributed by atoms with Gasteiger partial charge >= 0.3 is 18.9 Å². The van der Waals surface area contributed by atoms with E-state index in [1.54, 1.807) is 12.3 Å². The van der Waals surface area contributed by atoms with E-state index >= 15 is 0 Å². The fraction of sp³-hybridized carbons (Fsp3) is 0.193. The Balaban J connectivity index is 0.000000149. The minimum absolute atomic E-state index is 0. The molecule has 3 heterocycles. The molecule has 438 valence electrons. The van der Waals surface area contributed by atoms with Crippen LogP contribution in [0.4, 0.5) is 0 Å². The van der Waals surface area contributed by atoms with Crippen molar-refractivity contribution in [3.8, 4) is 51.0 Å². The minimum Gasteiger partial charge on any atom is -0.871 e. The first-order valence-electron chi connectivity index (χ1n) is 31.0. The molecule has 0 aliphatic carbocycles. The van der Waals surface area contributed by atoms with Gasteiger partial charge in [-0.1, -0.05) is 259 Å². The number of para-hydroxylation sites is 2. The summed E-state index contributed by atoms with van der Waals surface area (Å²) in [5.74, 6) is 1.93. The second-order valence-corrected chi connectivity index (χ2v) is 28.0. The smallest absolute Gasteiger partial charge is 0.871 e. The third-order valence-electron chi connectivity index (χ3n) is 17.5. The summed E-state index contributed by atoms with van der Waals surface area (Å²) in [4.78, 5) is 23.6. The van der Waals surface area contributed by atoms with Gasteiger partial charge in [0.25, 0.3) is 0 Å². The van der Waals surface area contributed by atoms with Crippen LogP contribution in [0.5, 0.6) is 5.75 Å². The van der Waals surface area contributed by atoms with Gasteiger partial charge in [0.05, 0.1) is 11.0 Å². The summed E-state index contributed by atoms with van der Waals surface area (Å²) in [5, 5.41) is 29.0. The van der Waals surface area contributed by atoms with Gasteiger partial charge in [-0.2, -0.15) is 0 Å². The van der Waals surface area contributed by atoms with E-state index in [-0.39, 0.29) is 46.3 Å². The van der Waals surface area contributed by atoms with E-state index in [0.717, 1.165) is 54.9 Å². The molecular formula is C83H74LiN5O. The van der Waals surface area contributed by atoms with E-state index in [9.17, 15) is 5.11 Å². The molecule has 0 saturated heterocycles. The Morgan fingerprint density at radius 3 is 1.02 bits per heavy atom. The third-order valence-corrected chi connectivity index (χ3v) is 17.5. The van der Waals surface area contributed by atoms with E-state index in [0.29, 0.717) is 23.0 Å². The van der Waals surface area contributed by atoms with Gasteiger partial charge in [0, 0.05) is 40.0 Å². The summed E-state index contributed by atoms with van der Waals surface area (Å²) < 4.78 is 0. The van der Waals surface area contributed by atoms with Crippen molar-refractivity contribution >= 4 is 86.4 Å². The molecule has 12 aromatic carbocycles. The van der Waals surface area contributed by atoms with Crippen LogP contribution >= 0.6 is 0 Å². The zero-order chi connectivity index (χ0) is 62.1. The molecule has 7 heteroatoms. The van der Waals surface area contributed by atoms with E-state index in [1.807, 2.05) is 30.5 Å². The largest absolute Gasteiger partial charge is 1.00 e. The van der Waals surface area contributed by atoms with Crippen molar-refractivity contribution in [3.05, 3.63) is 253 Å². The van der Waals surface area contributed by atoms with Gasteiger partial charge in [-0.15, -0.1) is 0 Å². The zero-order valence-corrected chi connectivity index (χ0v) is 54.1. The van der Waals surface area contributed by atoms with Gasteiger partial charge < -0.3 is 5.11 Å². The van der Waals surface area contributed by atoms with Crippen LogP contribution in [0.25, 0.3) is 132 Å². The quantitative estimate of drug-likeness (QED) is 0.0991. The molecule has 0 fully saturated rings. The standard InChI is InChI=1S/C38H24N4.C36H44.C9H7NO.Li/c1-3-9-30-23-32(20-14-25(30)7-1)37-40-36(41-38(42-37)33-21-15-26-8-2-4-10-31(26)24-33)29-18-16-27(17-19-29)34-13-5-11-28-12-6-22-39-35(28)34;1-33(2,3)23-13-21-14-24(34(4,5)6)19-29-30-20-26(36(10,11)12)16-22-15-25(35(7,8)9)18-28(32(22)30)27(17-23)31(21)29;11-8-5-1-3-7-4-2-6-10-9(7)8;/h1-24H;13-20H,1-12H3;1-6,11H;/q;;;+1/p-1. The fourth-order valence-electron chi connectivity index (χ4n) is 12.2. The van der Waals surface area contributed by atoms with Gasteiger partial charge in [-0.25, -0.2) is 15.0 Å². The van der Waals surface area contributed by atoms with Crippen LogP contribution in [-0.4, -0.2) is 24.9 Å². The molecule has 0 amide bonds. The number of nitrogens with zero attached hydrogens (tertiary/aromatic N) is 5. The Morgan fingerprint density at radius 1 is 0.278 bits per heavy atom. The molecule has 0 aliphatic rings. The summed E-state index contributed by atoms with van der Waals surface area (Å²) in [7, 11) is 0.